The van der Waals surface area contributed by atoms with Crippen molar-refractivity contribution in [3.8, 4) is 12.3 Å². The molecule has 4 nitrogen and oxygen atoms in total. The average molecular weight is 224 g/mol. The SMILES string of the molecule is C#CCNS(=O)(=O)c1ccc(N)cc1C. The molecule has 15 heavy (non-hydrogen) atoms. The third-order valence-electron chi connectivity index (χ3n) is 1.85. The van der Waals surface area contributed by atoms with Crippen LogP contribution >= 0.6 is 0 Å². The van der Waals surface area contributed by atoms with Crippen LogP contribution in [-0.4, -0.2) is 15.0 Å². The molecule has 0 fully saturated rings. The first kappa shape index (κ1) is 11.6. The lowest BCUT2D eigenvalue weighted by molar-refractivity contribution is 0.585. The first-order chi connectivity index (χ1) is 6.97. The monoisotopic (exact) mass is 224 g/mol. The van der Waals surface area contributed by atoms with Crippen molar-refractivity contribution in [1.82, 2.24) is 4.72 Å². The summed E-state index contributed by atoms with van der Waals surface area (Å²) in [6.45, 7) is 1.66. The van der Waals surface area contributed by atoms with Gasteiger partial charge in [-0.25, -0.2) is 8.42 Å². The quantitative estimate of drug-likeness (QED) is 0.579. The highest BCUT2D eigenvalue weighted by molar-refractivity contribution is 7.89. The summed E-state index contributed by atoms with van der Waals surface area (Å²) >= 11 is 0. The van der Waals surface area contributed by atoms with E-state index in [2.05, 4.69) is 10.6 Å². The maximum atomic E-state index is 11.7. The van der Waals surface area contributed by atoms with E-state index in [0.717, 1.165) is 0 Å². The lowest BCUT2D eigenvalue weighted by Crippen LogP contribution is -2.24. The van der Waals surface area contributed by atoms with Gasteiger partial charge in [0, 0.05) is 5.69 Å². The van der Waals surface area contributed by atoms with Crippen LogP contribution in [0, 0.1) is 19.3 Å². The van der Waals surface area contributed by atoms with E-state index >= 15 is 0 Å². The minimum absolute atomic E-state index is 0.0217. The summed E-state index contributed by atoms with van der Waals surface area (Å²) in [6.07, 6.45) is 4.98. The van der Waals surface area contributed by atoms with Crippen LogP contribution in [0.1, 0.15) is 5.56 Å². The van der Waals surface area contributed by atoms with Crippen LogP contribution in [0.3, 0.4) is 0 Å². The molecule has 0 spiro atoms. The normalized spacial score (nSPS) is 10.9. The molecular weight excluding hydrogens is 212 g/mol. The first-order valence-corrected chi connectivity index (χ1v) is 5.75. The Morgan fingerprint density at radius 1 is 1.53 bits per heavy atom. The number of rotatable bonds is 3. The molecule has 0 unspecified atom stereocenters. The predicted octanol–water partition coefficient (Wildman–Crippen LogP) is 0.489. The number of anilines is 1. The minimum atomic E-state index is -3.52. The Morgan fingerprint density at radius 2 is 2.20 bits per heavy atom. The van der Waals surface area contributed by atoms with Gasteiger partial charge in [-0.2, -0.15) is 4.72 Å². The number of benzene rings is 1. The Morgan fingerprint density at radius 3 is 2.73 bits per heavy atom. The van der Waals surface area contributed by atoms with Gasteiger partial charge in [0.05, 0.1) is 11.4 Å². The molecule has 0 aliphatic rings. The molecule has 5 heteroatoms. The second-order valence-corrected chi connectivity index (χ2v) is 4.79. The van der Waals surface area contributed by atoms with Crippen LogP contribution in [0.2, 0.25) is 0 Å². The van der Waals surface area contributed by atoms with Crippen molar-refractivity contribution >= 4 is 15.7 Å². The Hall–Kier alpha value is -1.51. The average Bonchev–Trinajstić information content (AvgIpc) is 2.14. The van der Waals surface area contributed by atoms with Crippen LogP contribution in [0.25, 0.3) is 0 Å². The van der Waals surface area contributed by atoms with Crippen molar-refractivity contribution in [2.75, 3.05) is 12.3 Å². The molecule has 80 valence electrons. The van der Waals surface area contributed by atoms with E-state index in [9.17, 15) is 8.42 Å². The molecule has 0 aliphatic heterocycles. The summed E-state index contributed by atoms with van der Waals surface area (Å²) in [6, 6.07) is 4.60. The van der Waals surface area contributed by atoms with Crippen molar-refractivity contribution in [3.05, 3.63) is 23.8 Å². The van der Waals surface area contributed by atoms with Crippen molar-refractivity contribution in [3.63, 3.8) is 0 Å². The topological polar surface area (TPSA) is 72.2 Å². The summed E-state index contributed by atoms with van der Waals surface area (Å²) in [7, 11) is -3.52. The van der Waals surface area contributed by atoms with Crippen molar-refractivity contribution in [1.29, 1.82) is 0 Å². The molecule has 0 saturated heterocycles. The van der Waals surface area contributed by atoms with Gasteiger partial charge in [0.25, 0.3) is 0 Å². The molecule has 0 atom stereocenters. The molecule has 1 rings (SSSR count). The van der Waals surface area contributed by atoms with Gasteiger partial charge in [-0.1, -0.05) is 5.92 Å². The first-order valence-electron chi connectivity index (χ1n) is 4.26. The summed E-state index contributed by atoms with van der Waals surface area (Å²) in [5, 5.41) is 0. The number of nitrogens with two attached hydrogens (primary N) is 1. The molecule has 0 aliphatic carbocycles. The number of sulfonamides is 1. The fraction of sp³-hybridized carbons (Fsp3) is 0.200. The second kappa shape index (κ2) is 4.34. The zero-order chi connectivity index (χ0) is 11.5. The number of hydrogen-bond donors (Lipinski definition) is 2. The van der Waals surface area contributed by atoms with E-state index in [1.165, 1.54) is 12.1 Å². The zero-order valence-electron chi connectivity index (χ0n) is 8.32. The Kier molecular flexibility index (Phi) is 3.35. The van der Waals surface area contributed by atoms with E-state index in [4.69, 9.17) is 12.2 Å². The van der Waals surface area contributed by atoms with Gasteiger partial charge in [-0.15, -0.1) is 6.42 Å². The van der Waals surface area contributed by atoms with Crippen molar-refractivity contribution in [2.24, 2.45) is 0 Å². The molecule has 0 amide bonds. The van der Waals surface area contributed by atoms with Gasteiger partial charge in [0.1, 0.15) is 0 Å². The Labute approximate surface area is 89.5 Å². The molecular formula is C10H12N2O2S. The van der Waals surface area contributed by atoms with Crippen molar-refractivity contribution < 1.29 is 8.42 Å². The second-order valence-electron chi connectivity index (χ2n) is 3.05. The van der Waals surface area contributed by atoms with Gasteiger partial charge in [0.2, 0.25) is 10.0 Å². The molecule has 3 N–H and O–H groups in total. The van der Waals surface area contributed by atoms with Gasteiger partial charge >= 0.3 is 0 Å². The van der Waals surface area contributed by atoms with E-state index in [-0.39, 0.29) is 11.4 Å². The molecule has 0 aromatic heterocycles. The molecule has 0 radical (unpaired) electrons. The predicted molar refractivity (Wildman–Crippen MR) is 59.6 cm³/mol. The number of terminal acetylenes is 1. The maximum absolute atomic E-state index is 11.7. The van der Waals surface area contributed by atoms with Gasteiger partial charge < -0.3 is 5.73 Å². The zero-order valence-corrected chi connectivity index (χ0v) is 9.14. The summed E-state index contributed by atoms with van der Waals surface area (Å²) in [5.41, 5.74) is 6.65. The fourth-order valence-electron chi connectivity index (χ4n) is 1.19. The van der Waals surface area contributed by atoms with E-state index < -0.39 is 10.0 Å². The Bertz CT molecular complexity index is 501. The minimum Gasteiger partial charge on any atom is -0.399 e. The Balaban J connectivity index is 3.12. The number of aryl methyl sites for hydroxylation is 1. The van der Waals surface area contributed by atoms with Crippen molar-refractivity contribution in [2.45, 2.75) is 11.8 Å². The smallest absolute Gasteiger partial charge is 0.241 e. The summed E-state index contributed by atoms with van der Waals surface area (Å²) in [4.78, 5) is 0.201. The molecule has 0 heterocycles. The lowest BCUT2D eigenvalue weighted by Gasteiger charge is -2.07. The molecule has 0 saturated carbocycles. The van der Waals surface area contributed by atoms with Gasteiger partial charge in [-0.3, -0.25) is 0 Å². The van der Waals surface area contributed by atoms with Crippen LogP contribution in [0.5, 0.6) is 0 Å². The van der Waals surface area contributed by atoms with E-state index in [1.54, 1.807) is 13.0 Å². The fourth-order valence-corrected chi connectivity index (χ4v) is 2.35. The summed E-state index contributed by atoms with van der Waals surface area (Å²) < 4.78 is 25.6. The van der Waals surface area contributed by atoms with Crippen LogP contribution in [0.15, 0.2) is 23.1 Å². The highest BCUT2D eigenvalue weighted by Crippen LogP contribution is 2.17. The third-order valence-corrected chi connectivity index (χ3v) is 3.41. The highest BCUT2D eigenvalue weighted by Gasteiger charge is 2.15. The number of hydrogen-bond acceptors (Lipinski definition) is 3. The largest absolute Gasteiger partial charge is 0.399 e. The summed E-state index contributed by atoms with van der Waals surface area (Å²) in [5.74, 6) is 2.21. The van der Waals surface area contributed by atoms with E-state index in [1.807, 2.05) is 0 Å². The van der Waals surface area contributed by atoms with E-state index in [0.29, 0.717) is 11.3 Å². The molecule has 1 aromatic rings. The number of nitrogen functional groups attached to an aromatic ring is 1. The molecule has 0 bridgehead atoms. The number of nitrogens with one attached hydrogen (secondary N) is 1. The highest BCUT2D eigenvalue weighted by atomic mass is 32.2. The standard InChI is InChI=1S/C10H12N2O2S/c1-3-6-12-15(13,14)10-5-4-9(11)7-8(10)2/h1,4-5,7,12H,6,11H2,2H3. The van der Waals surface area contributed by atoms with Crippen LogP contribution < -0.4 is 10.5 Å². The third kappa shape index (κ3) is 2.72. The van der Waals surface area contributed by atoms with Crippen LogP contribution in [0.4, 0.5) is 5.69 Å². The maximum Gasteiger partial charge on any atom is 0.241 e. The van der Waals surface area contributed by atoms with Crippen LogP contribution in [-0.2, 0) is 10.0 Å². The lowest BCUT2D eigenvalue weighted by atomic mass is 10.2. The van der Waals surface area contributed by atoms with Gasteiger partial charge in [-0.05, 0) is 30.7 Å². The van der Waals surface area contributed by atoms with Gasteiger partial charge in [0.15, 0.2) is 0 Å². The molecule has 1 aromatic carbocycles.